The summed E-state index contributed by atoms with van der Waals surface area (Å²) in [4.78, 5) is 23.9. The summed E-state index contributed by atoms with van der Waals surface area (Å²) in [5.41, 5.74) is 3.68. The Morgan fingerprint density at radius 1 is 0.969 bits per heavy atom. The Bertz CT molecular complexity index is 1230. The predicted molar refractivity (Wildman–Crippen MR) is 121 cm³/mol. The SMILES string of the molecule is CCC(=O)[N-]S(=O)(=O)c1ccc(-n2c(-c3ccc(Cl)cc3)cc(C(=O)CC)c2C)cc1.[Na+]. The van der Waals surface area contributed by atoms with Crippen LogP contribution in [0.2, 0.25) is 5.02 Å². The van der Waals surface area contributed by atoms with Gasteiger partial charge in [0.15, 0.2) is 5.78 Å². The van der Waals surface area contributed by atoms with E-state index in [4.69, 9.17) is 11.6 Å². The number of rotatable bonds is 7. The van der Waals surface area contributed by atoms with E-state index in [9.17, 15) is 18.0 Å². The standard InChI is InChI=1S/C23H23ClN2O4S.Na/c1-4-22(27)20-14-21(16-6-8-17(24)9-7-16)26(15(20)3)18-10-12-19(13-11-18)31(29,30)25-23(28)5-2;/h6-14H,4-5H2,1-3H3,(H,25,28);/q;+1/p-1. The largest absolute Gasteiger partial charge is 1.00 e. The minimum atomic E-state index is -4.06. The first-order valence-electron chi connectivity index (χ1n) is 9.80. The summed E-state index contributed by atoms with van der Waals surface area (Å²) in [6.45, 7) is 5.21. The van der Waals surface area contributed by atoms with Crippen molar-refractivity contribution in [3.05, 3.63) is 75.6 Å². The molecule has 0 unspecified atom stereocenters. The van der Waals surface area contributed by atoms with Gasteiger partial charge in [-0.25, -0.2) is 8.42 Å². The van der Waals surface area contributed by atoms with Gasteiger partial charge >= 0.3 is 29.6 Å². The molecule has 2 aromatic carbocycles. The van der Waals surface area contributed by atoms with Crippen molar-refractivity contribution in [2.45, 2.75) is 38.5 Å². The number of ketones is 1. The molecule has 0 radical (unpaired) electrons. The number of aromatic nitrogens is 1. The first-order valence-corrected chi connectivity index (χ1v) is 11.6. The third-order valence-corrected chi connectivity index (χ3v) is 6.49. The van der Waals surface area contributed by atoms with E-state index in [1.165, 1.54) is 12.1 Å². The Morgan fingerprint density at radius 3 is 2.09 bits per heavy atom. The molecular weight excluding hydrogens is 459 g/mol. The van der Waals surface area contributed by atoms with Crippen LogP contribution in [-0.4, -0.2) is 24.7 Å². The van der Waals surface area contributed by atoms with E-state index >= 15 is 0 Å². The van der Waals surface area contributed by atoms with Gasteiger partial charge in [-0.3, -0.25) is 4.79 Å². The van der Waals surface area contributed by atoms with Crippen LogP contribution in [0, 0.1) is 6.92 Å². The van der Waals surface area contributed by atoms with Crippen LogP contribution in [0.15, 0.2) is 59.5 Å². The van der Waals surface area contributed by atoms with Gasteiger partial charge in [0.2, 0.25) is 0 Å². The van der Waals surface area contributed by atoms with E-state index < -0.39 is 15.9 Å². The molecule has 0 fully saturated rings. The van der Waals surface area contributed by atoms with Gasteiger partial charge in [0.25, 0.3) is 0 Å². The maximum Gasteiger partial charge on any atom is 1.00 e. The zero-order valence-corrected chi connectivity index (χ0v) is 22.0. The van der Waals surface area contributed by atoms with Crippen LogP contribution in [-0.2, 0) is 14.8 Å². The predicted octanol–water partition coefficient (Wildman–Crippen LogP) is 2.70. The molecule has 3 aromatic rings. The number of benzene rings is 2. The van der Waals surface area contributed by atoms with E-state index in [0.29, 0.717) is 22.7 Å². The van der Waals surface area contributed by atoms with Crippen LogP contribution in [0.1, 0.15) is 42.7 Å². The zero-order valence-electron chi connectivity index (χ0n) is 18.4. The Kier molecular flexibility index (Phi) is 8.90. The van der Waals surface area contributed by atoms with Gasteiger partial charge in [-0.2, -0.15) is 0 Å². The molecule has 0 saturated heterocycles. The van der Waals surface area contributed by atoms with Crippen molar-refractivity contribution in [2.24, 2.45) is 0 Å². The van der Waals surface area contributed by atoms with Gasteiger partial charge in [0.1, 0.15) is 10.0 Å². The molecule has 0 saturated carbocycles. The number of hydrogen-bond donors (Lipinski definition) is 0. The van der Waals surface area contributed by atoms with Gasteiger partial charge in [-0.05, 0) is 61.4 Å². The Morgan fingerprint density at radius 2 is 1.56 bits per heavy atom. The minimum absolute atomic E-state index is 0. The first kappa shape index (κ1) is 26.4. The van der Waals surface area contributed by atoms with E-state index in [1.54, 1.807) is 31.2 Å². The number of Topliss-reactive ketones (excluding diaryl/α,β-unsaturated/α-hetero) is 1. The van der Waals surface area contributed by atoms with E-state index in [2.05, 4.69) is 4.72 Å². The molecule has 0 aliphatic rings. The average Bonchev–Trinajstić information content (AvgIpc) is 3.10. The summed E-state index contributed by atoms with van der Waals surface area (Å²) < 4.78 is 29.8. The molecule has 0 N–H and O–H groups in total. The van der Waals surface area contributed by atoms with Crippen molar-refractivity contribution in [1.82, 2.24) is 4.57 Å². The molecule has 3 rings (SSSR count). The van der Waals surface area contributed by atoms with Crippen molar-refractivity contribution in [3.8, 4) is 16.9 Å². The van der Waals surface area contributed by atoms with Crippen LogP contribution in [0.4, 0.5) is 0 Å². The molecule has 0 spiro atoms. The molecule has 0 atom stereocenters. The second-order valence-corrected chi connectivity index (χ2v) is 9.00. The van der Waals surface area contributed by atoms with Crippen molar-refractivity contribution in [1.29, 1.82) is 0 Å². The normalized spacial score (nSPS) is 11.0. The maximum atomic E-state index is 12.5. The molecule has 6 nitrogen and oxygen atoms in total. The second kappa shape index (κ2) is 10.8. The van der Waals surface area contributed by atoms with Gasteiger partial charge in [-0.15, -0.1) is 0 Å². The van der Waals surface area contributed by atoms with Crippen molar-refractivity contribution < 1.29 is 47.6 Å². The Hall–Kier alpha value is -1.90. The Balaban J connectivity index is 0.00000363. The summed E-state index contributed by atoms with van der Waals surface area (Å²) in [5, 5.41) is 0.600. The molecule has 1 amide bonds. The molecule has 1 heterocycles. The average molecular weight is 481 g/mol. The number of carbonyl (C=O) groups excluding carboxylic acids is 2. The summed E-state index contributed by atoms with van der Waals surface area (Å²) in [6, 6.07) is 15.2. The fraction of sp³-hybridized carbons (Fsp3) is 0.217. The fourth-order valence-electron chi connectivity index (χ4n) is 3.26. The summed E-state index contributed by atoms with van der Waals surface area (Å²) >= 11 is 6.02. The van der Waals surface area contributed by atoms with Gasteiger partial charge < -0.3 is 14.1 Å². The summed E-state index contributed by atoms with van der Waals surface area (Å²) in [6.07, 6.45) is 0.383. The number of sulfonamides is 1. The number of amides is 1. The quantitative estimate of drug-likeness (QED) is 0.384. The van der Waals surface area contributed by atoms with Crippen LogP contribution in [0.25, 0.3) is 21.7 Å². The van der Waals surface area contributed by atoms with Gasteiger partial charge in [0, 0.05) is 28.4 Å². The third kappa shape index (κ3) is 5.53. The molecule has 9 heteroatoms. The zero-order chi connectivity index (χ0) is 22.8. The molecular formula is C23H22ClN2NaO4S. The molecule has 0 bridgehead atoms. The van der Waals surface area contributed by atoms with E-state index in [1.807, 2.05) is 36.6 Å². The van der Waals surface area contributed by atoms with Crippen molar-refractivity contribution in [3.63, 3.8) is 0 Å². The van der Waals surface area contributed by atoms with Crippen molar-refractivity contribution in [2.75, 3.05) is 0 Å². The number of carbonyl (C=O) groups is 2. The number of halogens is 1. The first-order chi connectivity index (χ1) is 14.7. The van der Waals surface area contributed by atoms with Crippen LogP contribution in [0.3, 0.4) is 0 Å². The van der Waals surface area contributed by atoms with Gasteiger partial charge in [-0.1, -0.05) is 37.6 Å². The van der Waals surface area contributed by atoms with Gasteiger partial charge in [0.05, 0.1) is 16.5 Å². The fourth-order valence-corrected chi connectivity index (χ4v) is 4.37. The van der Waals surface area contributed by atoms with E-state index in [-0.39, 0.29) is 46.7 Å². The van der Waals surface area contributed by atoms with E-state index in [0.717, 1.165) is 17.0 Å². The van der Waals surface area contributed by atoms with Crippen molar-refractivity contribution >= 4 is 33.3 Å². The third-order valence-electron chi connectivity index (χ3n) is 4.93. The molecule has 32 heavy (non-hydrogen) atoms. The monoisotopic (exact) mass is 480 g/mol. The molecule has 0 aliphatic carbocycles. The van der Waals surface area contributed by atoms with Crippen LogP contribution in [0.5, 0.6) is 0 Å². The minimum Gasteiger partial charge on any atom is -0.542 e. The molecule has 162 valence electrons. The second-order valence-electron chi connectivity index (χ2n) is 6.96. The number of nitrogens with zero attached hydrogens (tertiary/aromatic N) is 2. The summed E-state index contributed by atoms with van der Waals surface area (Å²) in [7, 11) is -4.06. The van der Waals surface area contributed by atoms with Crippen LogP contribution < -0.4 is 29.6 Å². The maximum absolute atomic E-state index is 12.5. The molecule has 1 aromatic heterocycles. The smallest absolute Gasteiger partial charge is 0.542 e. The molecule has 0 aliphatic heterocycles. The van der Waals surface area contributed by atoms with Crippen LogP contribution >= 0.6 is 11.6 Å². The summed E-state index contributed by atoms with van der Waals surface area (Å²) in [5.74, 6) is -0.680. The Labute approximate surface area is 215 Å². The number of hydrogen-bond acceptors (Lipinski definition) is 4. The topological polar surface area (TPSA) is 87.3 Å².